The Morgan fingerprint density at radius 3 is 2.79 bits per heavy atom. The predicted molar refractivity (Wildman–Crippen MR) is 82.8 cm³/mol. The molecule has 0 aromatic heterocycles. The molecular weight excluding hydrogens is 281 g/mol. The van der Waals surface area contributed by atoms with E-state index in [4.69, 9.17) is 0 Å². The summed E-state index contributed by atoms with van der Waals surface area (Å²) in [5, 5.41) is 2.74. The quantitative estimate of drug-likeness (QED) is 0.565. The molecule has 0 spiro atoms. The summed E-state index contributed by atoms with van der Waals surface area (Å²) in [5.74, 6) is 0.319. The van der Waals surface area contributed by atoms with Crippen LogP contribution in [0.4, 0.5) is 4.39 Å². The van der Waals surface area contributed by atoms with Crippen LogP contribution < -0.4 is 5.32 Å². The summed E-state index contributed by atoms with van der Waals surface area (Å²) in [6, 6.07) is 4.24. The van der Waals surface area contributed by atoms with Crippen molar-refractivity contribution in [2.75, 3.05) is 18.6 Å². The van der Waals surface area contributed by atoms with E-state index in [2.05, 4.69) is 24.2 Å². The van der Waals surface area contributed by atoms with Crippen LogP contribution in [0, 0.1) is 5.82 Å². The summed E-state index contributed by atoms with van der Waals surface area (Å²) in [4.78, 5) is 12.4. The van der Waals surface area contributed by atoms with Crippen molar-refractivity contribution in [3.8, 4) is 0 Å². The van der Waals surface area contributed by atoms with Crippen molar-refractivity contribution in [3.05, 3.63) is 29.6 Å². The van der Waals surface area contributed by atoms with E-state index in [1.807, 2.05) is 11.8 Å². The Morgan fingerprint density at radius 2 is 2.05 bits per heavy atom. The lowest BCUT2D eigenvalue weighted by atomic mass is 10.2. The Kier molecular flexibility index (Phi) is 7.98. The van der Waals surface area contributed by atoms with Crippen LogP contribution >= 0.6 is 24.4 Å². The lowest BCUT2D eigenvalue weighted by Gasteiger charge is -2.06. The summed E-state index contributed by atoms with van der Waals surface area (Å²) in [7, 11) is 0. The number of amides is 1. The molecule has 0 aliphatic rings. The highest BCUT2D eigenvalue weighted by Gasteiger charge is 2.10. The fourth-order valence-electron chi connectivity index (χ4n) is 1.71. The zero-order valence-electron chi connectivity index (χ0n) is 11.1. The van der Waals surface area contributed by atoms with Gasteiger partial charge in [0, 0.05) is 11.4 Å². The number of thiol groups is 1. The average molecular weight is 301 g/mol. The van der Waals surface area contributed by atoms with Gasteiger partial charge in [0.15, 0.2) is 0 Å². The molecule has 1 aromatic carbocycles. The maximum Gasteiger partial charge on any atom is 0.254 e. The molecule has 0 heterocycles. The first-order valence-corrected chi connectivity index (χ1v) is 8.25. The van der Waals surface area contributed by atoms with E-state index in [0.717, 1.165) is 12.8 Å². The van der Waals surface area contributed by atoms with Crippen LogP contribution in [-0.2, 0) is 0 Å². The SMILES string of the molecule is CSCCCCCCNC(=O)c1cc(S)ccc1F. The van der Waals surface area contributed by atoms with Crippen LogP contribution in [0.3, 0.4) is 0 Å². The molecule has 2 nitrogen and oxygen atoms in total. The molecule has 0 aliphatic heterocycles. The third-order valence-corrected chi connectivity index (χ3v) is 3.73. The van der Waals surface area contributed by atoms with Crippen molar-refractivity contribution in [1.29, 1.82) is 0 Å². The van der Waals surface area contributed by atoms with E-state index in [1.165, 1.54) is 36.8 Å². The molecule has 0 radical (unpaired) electrons. The van der Waals surface area contributed by atoms with Crippen LogP contribution in [-0.4, -0.2) is 24.5 Å². The summed E-state index contributed by atoms with van der Waals surface area (Å²) >= 11 is 5.96. The maximum absolute atomic E-state index is 13.4. The standard InChI is InChI=1S/C14H20FNOS2/c1-19-9-5-3-2-4-8-16-14(17)12-10-11(18)6-7-13(12)15/h6-7,10,18H,2-5,8-9H2,1H3,(H,16,17). The first kappa shape index (κ1) is 16.4. The van der Waals surface area contributed by atoms with Gasteiger partial charge >= 0.3 is 0 Å². The molecule has 0 saturated carbocycles. The van der Waals surface area contributed by atoms with Gasteiger partial charge in [-0.1, -0.05) is 12.8 Å². The number of thioether (sulfide) groups is 1. The maximum atomic E-state index is 13.4. The number of rotatable bonds is 8. The van der Waals surface area contributed by atoms with E-state index in [1.54, 1.807) is 0 Å². The number of benzene rings is 1. The third-order valence-electron chi connectivity index (χ3n) is 2.76. The van der Waals surface area contributed by atoms with Crippen LogP contribution in [0.25, 0.3) is 0 Å². The second-order valence-electron chi connectivity index (χ2n) is 4.33. The van der Waals surface area contributed by atoms with Gasteiger partial charge in [-0.2, -0.15) is 11.8 Å². The molecule has 0 saturated heterocycles. The van der Waals surface area contributed by atoms with Crippen molar-refractivity contribution in [2.45, 2.75) is 30.6 Å². The van der Waals surface area contributed by atoms with E-state index in [-0.39, 0.29) is 11.5 Å². The molecule has 5 heteroatoms. The fraction of sp³-hybridized carbons (Fsp3) is 0.500. The predicted octanol–water partition coefficient (Wildman–Crippen LogP) is 3.77. The van der Waals surface area contributed by atoms with Crippen molar-refractivity contribution >= 4 is 30.3 Å². The number of nitrogens with one attached hydrogen (secondary N) is 1. The van der Waals surface area contributed by atoms with Gasteiger partial charge in [0.05, 0.1) is 5.56 Å². The van der Waals surface area contributed by atoms with E-state index in [0.29, 0.717) is 11.4 Å². The summed E-state index contributed by atoms with van der Waals surface area (Å²) in [5.41, 5.74) is 0.0647. The van der Waals surface area contributed by atoms with Crippen molar-refractivity contribution in [3.63, 3.8) is 0 Å². The lowest BCUT2D eigenvalue weighted by molar-refractivity contribution is 0.0948. The monoisotopic (exact) mass is 301 g/mol. The second-order valence-corrected chi connectivity index (χ2v) is 5.83. The Morgan fingerprint density at radius 1 is 1.32 bits per heavy atom. The minimum absolute atomic E-state index is 0.0647. The minimum Gasteiger partial charge on any atom is -0.352 e. The van der Waals surface area contributed by atoms with Crippen molar-refractivity contribution < 1.29 is 9.18 Å². The summed E-state index contributed by atoms with van der Waals surface area (Å²) in [6.45, 7) is 0.592. The number of halogens is 1. The summed E-state index contributed by atoms with van der Waals surface area (Å²) < 4.78 is 13.4. The number of carbonyl (C=O) groups excluding carboxylic acids is 1. The van der Waals surface area contributed by atoms with Gasteiger partial charge in [-0.25, -0.2) is 4.39 Å². The summed E-state index contributed by atoms with van der Waals surface area (Å²) in [6.07, 6.45) is 6.52. The Labute approximate surface area is 124 Å². The van der Waals surface area contributed by atoms with Crippen molar-refractivity contribution in [2.24, 2.45) is 0 Å². The lowest BCUT2D eigenvalue weighted by Crippen LogP contribution is -2.25. The van der Waals surface area contributed by atoms with Gasteiger partial charge in [-0.05, 0) is 43.0 Å². The highest BCUT2D eigenvalue weighted by molar-refractivity contribution is 7.98. The number of hydrogen-bond acceptors (Lipinski definition) is 3. The van der Waals surface area contributed by atoms with E-state index < -0.39 is 5.82 Å². The third kappa shape index (κ3) is 6.34. The second kappa shape index (κ2) is 9.26. The minimum atomic E-state index is -0.504. The van der Waals surface area contributed by atoms with Crippen molar-refractivity contribution in [1.82, 2.24) is 5.32 Å². The van der Waals surface area contributed by atoms with Gasteiger partial charge in [-0.15, -0.1) is 12.6 Å². The highest BCUT2D eigenvalue weighted by atomic mass is 32.2. The van der Waals surface area contributed by atoms with Gasteiger partial charge < -0.3 is 5.32 Å². The van der Waals surface area contributed by atoms with Gasteiger partial charge in [0.1, 0.15) is 5.82 Å². The normalized spacial score (nSPS) is 10.5. The molecule has 0 aliphatic carbocycles. The molecule has 1 amide bonds. The van der Waals surface area contributed by atoms with E-state index >= 15 is 0 Å². The molecule has 0 fully saturated rings. The number of carbonyl (C=O) groups is 1. The van der Waals surface area contributed by atoms with Crippen LogP contribution in [0.2, 0.25) is 0 Å². The topological polar surface area (TPSA) is 29.1 Å². The Hall–Kier alpha value is -0.680. The molecule has 0 atom stereocenters. The van der Waals surface area contributed by atoms with Crippen LogP contribution in [0.5, 0.6) is 0 Å². The van der Waals surface area contributed by atoms with Gasteiger partial charge in [0.25, 0.3) is 5.91 Å². The molecule has 0 unspecified atom stereocenters. The smallest absolute Gasteiger partial charge is 0.254 e. The largest absolute Gasteiger partial charge is 0.352 e. The van der Waals surface area contributed by atoms with Gasteiger partial charge in [-0.3, -0.25) is 4.79 Å². The fourth-order valence-corrected chi connectivity index (χ4v) is 2.41. The first-order chi connectivity index (χ1) is 9.15. The zero-order chi connectivity index (χ0) is 14.1. The van der Waals surface area contributed by atoms with E-state index in [9.17, 15) is 9.18 Å². The van der Waals surface area contributed by atoms with Gasteiger partial charge in [0.2, 0.25) is 0 Å². The average Bonchev–Trinajstić information content (AvgIpc) is 2.40. The molecular formula is C14H20FNOS2. The molecule has 1 N–H and O–H groups in total. The zero-order valence-corrected chi connectivity index (χ0v) is 12.8. The molecule has 19 heavy (non-hydrogen) atoms. The molecule has 0 bridgehead atoms. The van der Waals surface area contributed by atoms with Crippen LogP contribution in [0.1, 0.15) is 36.0 Å². The Bertz CT molecular complexity index is 412. The first-order valence-electron chi connectivity index (χ1n) is 6.41. The number of hydrogen-bond donors (Lipinski definition) is 2. The number of unbranched alkanes of at least 4 members (excludes halogenated alkanes) is 3. The van der Waals surface area contributed by atoms with Crippen LogP contribution in [0.15, 0.2) is 23.1 Å². The Balaban J connectivity index is 2.26. The highest BCUT2D eigenvalue weighted by Crippen LogP contribution is 2.13. The molecule has 106 valence electrons. The molecule has 1 rings (SSSR count). The molecule has 1 aromatic rings.